The van der Waals surface area contributed by atoms with E-state index in [0.717, 1.165) is 11.3 Å². The number of aliphatic hydroxyl groups is 1. The highest BCUT2D eigenvalue weighted by atomic mass is 16.3. The number of nitrogens with one attached hydrogen (secondary N) is 1. The number of nitrogens with zero attached hydrogens (tertiary/aromatic N) is 2. The molecule has 0 spiro atoms. The maximum atomic E-state index is 12.3. The van der Waals surface area contributed by atoms with Gasteiger partial charge in [0.25, 0.3) is 5.91 Å². The van der Waals surface area contributed by atoms with Crippen LogP contribution in [-0.4, -0.2) is 33.4 Å². The summed E-state index contributed by atoms with van der Waals surface area (Å²) in [5.74, 6) is -0.185. The first kappa shape index (κ1) is 15.3. The van der Waals surface area contributed by atoms with Gasteiger partial charge < -0.3 is 10.4 Å². The molecule has 2 N–H and O–H groups in total. The van der Waals surface area contributed by atoms with Gasteiger partial charge in [-0.25, -0.2) is 0 Å². The first-order valence-corrected chi connectivity index (χ1v) is 7.12. The smallest absolute Gasteiger partial charge is 0.255 e. The SMILES string of the molecule is CCc1nn(C)cc1C(=O)NC(CO)Cc1ccccc1. The largest absolute Gasteiger partial charge is 0.394 e. The van der Waals surface area contributed by atoms with Gasteiger partial charge in [-0.15, -0.1) is 0 Å². The van der Waals surface area contributed by atoms with E-state index in [1.54, 1.807) is 17.9 Å². The van der Waals surface area contributed by atoms with Crippen LogP contribution in [0, 0.1) is 0 Å². The summed E-state index contributed by atoms with van der Waals surface area (Å²) in [6.07, 6.45) is 3.02. The Labute approximate surface area is 124 Å². The zero-order valence-corrected chi connectivity index (χ0v) is 12.4. The standard InChI is InChI=1S/C16H21N3O2/c1-3-15-14(10-19(2)18-15)16(21)17-13(11-20)9-12-7-5-4-6-8-12/h4-8,10,13,20H,3,9,11H2,1-2H3,(H,17,21). The van der Waals surface area contributed by atoms with E-state index in [-0.39, 0.29) is 18.6 Å². The van der Waals surface area contributed by atoms with Crippen LogP contribution in [0.5, 0.6) is 0 Å². The first-order valence-electron chi connectivity index (χ1n) is 7.12. The summed E-state index contributed by atoms with van der Waals surface area (Å²) < 4.78 is 1.64. The Morgan fingerprint density at radius 3 is 2.71 bits per heavy atom. The van der Waals surface area contributed by atoms with Gasteiger partial charge in [0.05, 0.1) is 23.9 Å². The molecule has 0 saturated heterocycles. The van der Waals surface area contributed by atoms with Crippen molar-refractivity contribution in [3.8, 4) is 0 Å². The van der Waals surface area contributed by atoms with Crippen molar-refractivity contribution in [2.45, 2.75) is 25.8 Å². The third-order valence-corrected chi connectivity index (χ3v) is 3.37. The molecule has 1 aromatic carbocycles. The van der Waals surface area contributed by atoms with Crippen molar-refractivity contribution in [1.82, 2.24) is 15.1 Å². The highest BCUT2D eigenvalue weighted by Gasteiger charge is 2.18. The molecule has 0 saturated carbocycles. The van der Waals surface area contributed by atoms with Gasteiger partial charge in [0.15, 0.2) is 0 Å². The zero-order valence-electron chi connectivity index (χ0n) is 12.4. The lowest BCUT2D eigenvalue weighted by Crippen LogP contribution is -2.39. The van der Waals surface area contributed by atoms with E-state index in [9.17, 15) is 9.90 Å². The molecule has 1 heterocycles. The summed E-state index contributed by atoms with van der Waals surface area (Å²) in [5, 5.41) is 16.6. The number of hydrogen-bond donors (Lipinski definition) is 2. The van der Waals surface area contributed by atoms with Gasteiger partial charge in [-0.05, 0) is 18.4 Å². The summed E-state index contributed by atoms with van der Waals surface area (Å²) in [4.78, 5) is 12.3. The van der Waals surface area contributed by atoms with Gasteiger partial charge in [-0.2, -0.15) is 5.10 Å². The van der Waals surface area contributed by atoms with Gasteiger partial charge in [-0.3, -0.25) is 9.48 Å². The van der Waals surface area contributed by atoms with Crippen LogP contribution in [-0.2, 0) is 19.9 Å². The Morgan fingerprint density at radius 1 is 1.38 bits per heavy atom. The van der Waals surface area contributed by atoms with Crippen molar-refractivity contribution in [3.63, 3.8) is 0 Å². The van der Waals surface area contributed by atoms with E-state index >= 15 is 0 Å². The fourth-order valence-corrected chi connectivity index (χ4v) is 2.31. The van der Waals surface area contributed by atoms with E-state index in [2.05, 4.69) is 10.4 Å². The minimum absolute atomic E-state index is 0.0949. The molecule has 1 unspecified atom stereocenters. The predicted octanol–water partition coefficient (Wildman–Crippen LogP) is 1.32. The van der Waals surface area contributed by atoms with Crippen LogP contribution in [0.25, 0.3) is 0 Å². The van der Waals surface area contributed by atoms with E-state index in [1.807, 2.05) is 37.3 Å². The van der Waals surface area contributed by atoms with Crippen LogP contribution >= 0.6 is 0 Å². The Kier molecular flexibility index (Phi) is 5.11. The Morgan fingerprint density at radius 2 is 2.10 bits per heavy atom. The number of aryl methyl sites for hydroxylation is 2. The fourth-order valence-electron chi connectivity index (χ4n) is 2.31. The molecule has 0 bridgehead atoms. The number of hydrogen-bond acceptors (Lipinski definition) is 3. The van der Waals surface area contributed by atoms with Gasteiger partial charge >= 0.3 is 0 Å². The zero-order chi connectivity index (χ0) is 15.2. The van der Waals surface area contributed by atoms with Gasteiger partial charge in [0, 0.05) is 13.2 Å². The van der Waals surface area contributed by atoms with Crippen LogP contribution in [0.1, 0.15) is 28.5 Å². The molecule has 5 nitrogen and oxygen atoms in total. The van der Waals surface area contributed by atoms with Crippen LogP contribution in [0.2, 0.25) is 0 Å². The second kappa shape index (κ2) is 7.04. The molecule has 0 aliphatic carbocycles. The number of benzene rings is 1. The molecule has 21 heavy (non-hydrogen) atoms. The highest BCUT2D eigenvalue weighted by molar-refractivity contribution is 5.95. The molecule has 0 radical (unpaired) electrons. The van der Waals surface area contributed by atoms with E-state index in [0.29, 0.717) is 18.4 Å². The third kappa shape index (κ3) is 3.92. The average molecular weight is 287 g/mol. The molecule has 1 aromatic heterocycles. The second-order valence-electron chi connectivity index (χ2n) is 5.06. The number of aromatic nitrogens is 2. The minimum atomic E-state index is -0.301. The predicted molar refractivity (Wildman–Crippen MR) is 81.1 cm³/mol. The molecule has 2 aromatic rings. The molecule has 1 amide bonds. The number of carbonyl (C=O) groups is 1. The molecule has 1 atom stereocenters. The first-order chi connectivity index (χ1) is 10.1. The van der Waals surface area contributed by atoms with Gasteiger partial charge in [-0.1, -0.05) is 37.3 Å². The molecular weight excluding hydrogens is 266 g/mol. The number of rotatable bonds is 6. The normalized spacial score (nSPS) is 12.1. The van der Waals surface area contributed by atoms with Crippen molar-refractivity contribution in [2.24, 2.45) is 7.05 Å². The third-order valence-electron chi connectivity index (χ3n) is 3.37. The lowest BCUT2D eigenvalue weighted by molar-refractivity contribution is 0.0915. The van der Waals surface area contributed by atoms with Crippen molar-refractivity contribution in [1.29, 1.82) is 0 Å². The number of amides is 1. The van der Waals surface area contributed by atoms with Crippen molar-refractivity contribution in [2.75, 3.05) is 6.61 Å². The maximum Gasteiger partial charge on any atom is 0.255 e. The lowest BCUT2D eigenvalue weighted by Gasteiger charge is -2.16. The summed E-state index contributed by atoms with van der Waals surface area (Å²) in [5.41, 5.74) is 2.43. The van der Waals surface area contributed by atoms with Crippen molar-refractivity contribution >= 4 is 5.91 Å². The molecule has 0 aliphatic rings. The van der Waals surface area contributed by atoms with E-state index < -0.39 is 0 Å². The molecule has 0 aliphatic heterocycles. The van der Waals surface area contributed by atoms with Crippen LogP contribution in [0.4, 0.5) is 0 Å². The van der Waals surface area contributed by atoms with Crippen LogP contribution < -0.4 is 5.32 Å². The topological polar surface area (TPSA) is 67.2 Å². The van der Waals surface area contributed by atoms with E-state index in [1.165, 1.54) is 0 Å². The summed E-state index contributed by atoms with van der Waals surface area (Å²) in [6.45, 7) is 1.87. The quantitative estimate of drug-likeness (QED) is 0.842. The fraction of sp³-hybridized carbons (Fsp3) is 0.375. The van der Waals surface area contributed by atoms with Gasteiger partial charge in [0.2, 0.25) is 0 Å². The van der Waals surface area contributed by atoms with Gasteiger partial charge in [0.1, 0.15) is 0 Å². The minimum Gasteiger partial charge on any atom is -0.394 e. The second-order valence-corrected chi connectivity index (χ2v) is 5.06. The summed E-state index contributed by atoms with van der Waals surface area (Å²) in [7, 11) is 1.80. The highest BCUT2D eigenvalue weighted by Crippen LogP contribution is 2.09. The summed E-state index contributed by atoms with van der Waals surface area (Å²) in [6, 6.07) is 9.50. The maximum absolute atomic E-state index is 12.3. The van der Waals surface area contributed by atoms with Crippen molar-refractivity contribution < 1.29 is 9.90 Å². The van der Waals surface area contributed by atoms with Crippen molar-refractivity contribution in [3.05, 3.63) is 53.3 Å². The Hall–Kier alpha value is -2.14. The van der Waals surface area contributed by atoms with E-state index in [4.69, 9.17) is 0 Å². The molecule has 112 valence electrons. The number of carbonyl (C=O) groups excluding carboxylic acids is 1. The molecule has 5 heteroatoms. The summed E-state index contributed by atoms with van der Waals surface area (Å²) >= 11 is 0. The molecular formula is C16H21N3O2. The average Bonchev–Trinajstić information content (AvgIpc) is 2.88. The molecule has 0 fully saturated rings. The molecule has 2 rings (SSSR count). The van der Waals surface area contributed by atoms with Crippen LogP contribution in [0.3, 0.4) is 0 Å². The van der Waals surface area contributed by atoms with Crippen LogP contribution in [0.15, 0.2) is 36.5 Å². The number of aliphatic hydroxyl groups excluding tert-OH is 1. The Balaban J connectivity index is 2.05. The lowest BCUT2D eigenvalue weighted by atomic mass is 10.1. The Bertz CT molecular complexity index is 593. The monoisotopic (exact) mass is 287 g/mol.